The van der Waals surface area contributed by atoms with Crippen molar-refractivity contribution in [3.63, 3.8) is 0 Å². The molecule has 0 saturated heterocycles. The molecule has 4 nitrogen and oxygen atoms in total. The molecule has 1 aliphatic rings. The van der Waals surface area contributed by atoms with Crippen molar-refractivity contribution >= 4 is 58.4 Å². The fraction of sp³-hybridized carbons (Fsp3) is 0.440. The molecule has 0 heterocycles. The Bertz CT molecular complexity index is 946. The summed E-state index contributed by atoms with van der Waals surface area (Å²) in [7, 11) is 0. The van der Waals surface area contributed by atoms with Crippen LogP contribution in [0.15, 0.2) is 42.5 Å². The van der Waals surface area contributed by atoms with E-state index in [1.165, 1.54) is 11.8 Å². The third-order valence-electron chi connectivity index (χ3n) is 5.92. The van der Waals surface area contributed by atoms with Gasteiger partial charge >= 0.3 is 0 Å². The summed E-state index contributed by atoms with van der Waals surface area (Å²) < 4.78 is 0. The molecule has 1 saturated carbocycles. The largest absolute Gasteiger partial charge is 0.352 e. The molecular formula is C25H29Cl3N2O2S. The summed E-state index contributed by atoms with van der Waals surface area (Å²) in [6, 6.07) is 12.4. The van der Waals surface area contributed by atoms with E-state index in [0.717, 1.165) is 36.8 Å². The predicted octanol–water partition coefficient (Wildman–Crippen LogP) is 6.75. The molecule has 1 aliphatic carbocycles. The van der Waals surface area contributed by atoms with Crippen molar-refractivity contribution in [3.8, 4) is 0 Å². The third kappa shape index (κ3) is 7.29. The number of nitrogens with one attached hydrogen (secondary N) is 1. The minimum Gasteiger partial charge on any atom is -0.352 e. The average Bonchev–Trinajstić information content (AvgIpc) is 3.29. The molecule has 3 rings (SSSR count). The van der Waals surface area contributed by atoms with Crippen LogP contribution in [0.5, 0.6) is 0 Å². The zero-order valence-corrected chi connectivity index (χ0v) is 21.7. The molecular weight excluding hydrogens is 499 g/mol. The second-order valence-electron chi connectivity index (χ2n) is 8.22. The molecule has 1 N–H and O–H groups in total. The summed E-state index contributed by atoms with van der Waals surface area (Å²) in [5, 5.41) is 4.90. The van der Waals surface area contributed by atoms with E-state index < -0.39 is 6.04 Å². The van der Waals surface area contributed by atoms with Crippen molar-refractivity contribution in [1.29, 1.82) is 0 Å². The van der Waals surface area contributed by atoms with Gasteiger partial charge in [0.15, 0.2) is 0 Å². The maximum Gasteiger partial charge on any atom is 0.243 e. The number of carbonyl (C=O) groups is 2. The van der Waals surface area contributed by atoms with Crippen LogP contribution in [-0.4, -0.2) is 34.6 Å². The Balaban J connectivity index is 1.73. The molecule has 33 heavy (non-hydrogen) atoms. The Morgan fingerprint density at radius 1 is 1.03 bits per heavy atom. The van der Waals surface area contributed by atoms with E-state index >= 15 is 0 Å². The summed E-state index contributed by atoms with van der Waals surface area (Å²) in [4.78, 5) is 28.2. The van der Waals surface area contributed by atoms with E-state index in [9.17, 15) is 9.59 Å². The standard InChI is InChI=1S/C25H29Cl3N2O2S/c1-2-23(25(32)29-18-9-4-5-10-18)30(14-17-8-3-6-11-20(17)26)24(31)16-33-15-19-21(27)12-7-13-22(19)28/h3,6-8,11-13,18,23H,2,4-5,9-10,14-16H2,1H3,(H,29,32). The number of thioether (sulfide) groups is 1. The summed E-state index contributed by atoms with van der Waals surface area (Å²) in [6.07, 6.45) is 4.77. The first-order valence-electron chi connectivity index (χ1n) is 11.2. The summed E-state index contributed by atoms with van der Waals surface area (Å²) in [5.41, 5.74) is 1.63. The van der Waals surface area contributed by atoms with Crippen molar-refractivity contribution in [2.45, 2.75) is 63.4 Å². The lowest BCUT2D eigenvalue weighted by Gasteiger charge is -2.31. The van der Waals surface area contributed by atoms with Crippen LogP contribution in [0.1, 0.15) is 50.2 Å². The fourth-order valence-electron chi connectivity index (χ4n) is 4.09. The van der Waals surface area contributed by atoms with E-state index in [1.807, 2.05) is 25.1 Å². The van der Waals surface area contributed by atoms with E-state index in [0.29, 0.717) is 27.2 Å². The van der Waals surface area contributed by atoms with E-state index in [-0.39, 0.29) is 30.2 Å². The Hall–Kier alpha value is -1.40. The minimum absolute atomic E-state index is 0.0936. The minimum atomic E-state index is -0.557. The maximum absolute atomic E-state index is 13.4. The third-order valence-corrected chi connectivity index (χ3v) is 7.94. The van der Waals surface area contributed by atoms with Gasteiger partial charge in [0.05, 0.1) is 5.75 Å². The van der Waals surface area contributed by atoms with Crippen LogP contribution in [0.2, 0.25) is 15.1 Å². The molecule has 1 unspecified atom stereocenters. The lowest BCUT2D eigenvalue weighted by molar-refractivity contribution is -0.139. The van der Waals surface area contributed by atoms with Crippen LogP contribution in [0.4, 0.5) is 0 Å². The van der Waals surface area contributed by atoms with Gasteiger partial charge in [-0.2, -0.15) is 0 Å². The quantitative estimate of drug-likeness (QED) is 0.372. The van der Waals surface area contributed by atoms with Crippen LogP contribution in [0.3, 0.4) is 0 Å². The molecule has 0 aromatic heterocycles. The molecule has 0 spiro atoms. The second kappa shape index (κ2) is 12.9. The van der Waals surface area contributed by atoms with Crippen molar-refractivity contribution < 1.29 is 9.59 Å². The van der Waals surface area contributed by atoms with E-state index in [4.69, 9.17) is 34.8 Å². The highest BCUT2D eigenvalue weighted by Crippen LogP contribution is 2.29. The molecule has 1 fully saturated rings. The highest BCUT2D eigenvalue weighted by atomic mass is 35.5. The first-order chi connectivity index (χ1) is 15.9. The number of halogens is 3. The number of rotatable bonds is 10. The zero-order valence-electron chi connectivity index (χ0n) is 18.7. The summed E-state index contributed by atoms with van der Waals surface area (Å²) in [6.45, 7) is 2.21. The number of nitrogens with zero attached hydrogens (tertiary/aromatic N) is 1. The Morgan fingerprint density at radius 3 is 2.30 bits per heavy atom. The van der Waals surface area contributed by atoms with Gasteiger partial charge in [0, 0.05) is 33.4 Å². The summed E-state index contributed by atoms with van der Waals surface area (Å²) >= 11 is 20.4. The Morgan fingerprint density at radius 2 is 1.67 bits per heavy atom. The SMILES string of the molecule is CCC(C(=O)NC1CCCC1)N(Cc1ccccc1Cl)C(=O)CSCc1c(Cl)cccc1Cl. The van der Waals surface area contributed by atoms with Gasteiger partial charge in [-0.25, -0.2) is 0 Å². The van der Waals surface area contributed by atoms with Gasteiger partial charge in [-0.05, 0) is 48.6 Å². The van der Waals surface area contributed by atoms with Gasteiger partial charge in [-0.3, -0.25) is 9.59 Å². The molecule has 0 aliphatic heterocycles. The van der Waals surface area contributed by atoms with Crippen LogP contribution >= 0.6 is 46.6 Å². The summed E-state index contributed by atoms with van der Waals surface area (Å²) in [5.74, 6) is 0.509. The normalized spacial score (nSPS) is 14.8. The fourth-order valence-corrected chi connectivity index (χ4v) is 5.93. The molecule has 2 aromatic rings. The van der Waals surface area contributed by atoms with Crippen LogP contribution in [-0.2, 0) is 21.9 Å². The van der Waals surface area contributed by atoms with Gasteiger partial charge in [-0.1, -0.05) is 78.8 Å². The second-order valence-corrected chi connectivity index (χ2v) is 10.4. The van der Waals surface area contributed by atoms with Crippen LogP contribution < -0.4 is 5.32 Å². The van der Waals surface area contributed by atoms with Crippen molar-refractivity contribution in [3.05, 3.63) is 68.7 Å². The van der Waals surface area contributed by atoms with Gasteiger partial charge in [0.1, 0.15) is 6.04 Å². The lowest BCUT2D eigenvalue weighted by Crippen LogP contribution is -2.51. The smallest absolute Gasteiger partial charge is 0.243 e. The first-order valence-corrected chi connectivity index (χ1v) is 13.5. The number of amides is 2. The lowest BCUT2D eigenvalue weighted by atomic mass is 10.1. The molecule has 0 bridgehead atoms. The molecule has 1 atom stereocenters. The average molecular weight is 528 g/mol. The van der Waals surface area contributed by atoms with Crippen LogP contribution in [0.25, 0.3) is 0 Å². The number of hydrogen-bond acceptors (Lipinski definition) is 3. The number of benzene rings is 2. The predicted molar refractivity (Wildman–Crippen MR) is 139 cm³/mol. The van der Waals surface area contributed by atoms with E-state index in [1.54, 1.807) is 29.2 Å². The van der Waals surface area contributed by atoms with E-state index in [2.05, 4.69) is 5.32 Å². The van der Waals surface area contributed by atoms with Crippen LogP contribution in [0, 0.1) is 0 Å². The Labute approximate surface area is 215 Å². The molecule has 178 valence electrons. The first kappa shape index (κ1) is 26.2. The molecule has 2 amide bonds. The van der Waals surface area contributed by atoms with Crippen molar-refractivity contribution in [2.75, 3.05) is 5.75 Å². The van der Waals surface area contributed by atoms with Gasteiger partial charge < -0.3 is 10.2 Å². The Kier molecular flexibility index (Phi) is 10.2. The molecule has 2 aromatic carbocycles. The number of hydrogen-bond donors (Lipinski definition) is 1. The van der Waals surface area contributed by atoms with Crippen molar-refractivity contribution in [2.24, 2.45) is 0 Å². The highest BCUT2D eigenvalue weighted by molar-refractivity contribution is 7.99. The van der Waals surface area contributed by atoms with Gasteiger partial charge in [0.25, 0.3) is 0 Å². The zero-order chi connectivity index (χ0) is 23.8. The monoisotopic (exact) mass is 526 g/mol. The van der Waals surface area contributed by atoms with Crippen molar-refractivity contribution in [1.82, 2.24) is 10.2 Å². The topological polar surface area (TPSA) is 49.4 Å². The molecule has 8 heteroatoms. The maximum atomic E-state index is 13.4. The molecule has 0 radical (unpaired) electrons. The van der Waals surface area contributed by atoms with Gasteiger partial charge in [-0.15, -0.1) is 11.8 Å². The number of carbonyl (C=O) groups excluding carboxylic acids is 2. The van der Waals surface area contributed by atoms with Gasteiger partial charge in [0.2, 0.25) is 11.8 Å². The highest BCUT2D eigenvalue weighted by Gasteiger charge is 2.30.